The third kappa shape index (κ3) is 3.18. The minimum atomic E-state index is -0.518. The summed E-state index contributed by atoms with van der Waals surface area (Å²) in [6.45, 7) is 0. The van der Waals surface area contributed by atoms with Gasteiger partial charge in [0, 0.05) is 19.7 Å². The van der Waals surface area contributed by atoms with Gasteiger partial charge < -0.3 is 9.67 Å². The normalized spacial score (nSPS) is 19.6. The number of imidazole rings is 1. The molecule has 3 heterocycles. The van der Waals surface area contributed by atoms with Crippen molar-refractivity contribution in [2.45, 2.75) is 44.2 Å². The number of benzene rings is 1. The number of aromatic nitrogens is 5. The van der Waals surface area contributed by atoms with Crippen LogP contribution in [0.3, 0.4) is 0 Å². The number of rotatable bonds is 3. The summed E-state index contributed by atoms with van der Waals surface area (Å²) in [6.07, 6.45) is 8.61. The lowest BCUT2D eigenvalue weighted by Gasteiger charge is -2.29. The number of pyridine rings is 1. The summed E-state index contributed by atoms with van der Waals surface area (Å²) in [7, 11) is 1.90. The summed E-state index contributed by atoms with van der Waals surface area (Å²) in [6, 6.07) is 5.34. The second-order valence-corrected chi connectivity index (χ2v) is 8.41. The van der Waals surface area contributed by atoms with Gasteiger partial charge >= 0.3 is 0 Å². The van der Waals surface area contributed by atoms with Crippen LogP contribution in [0.15, 0.2) is 41.8 Å². The Morgan fingerprint density at radius 3 is 2.70 bits per heavy atom. The van der Waals surface area contributed by atoms with Gasteiger partial charge in [0.1, 0.15) is 10.7 Å². The first-order valence-corrected chi connectivity index (χ1v) is 10.5. The molecule has 7 nitrogen and oxygen atoms in total. The highest BCUT2D eigenvalue weighted by Crippen LogP contribution is 2.30. The Kier molecular flexibility index (Phi) is 4.79. The molecule has 0 bridgehead atoms. The van der Waals surface area contributed by atoms with Crippen molar-refractivity contribution >= 4 is 33.5 Å². The minimum absolute atomic E-state index is 0.121. The van der Waals surface area contributed by atoms with Crippen molar-refractivity contribution in [2.75, 3.05) is 0 Å². The molecule has 3 aromatic heterocycles. The molecule has 1 fully saturated rings. The van der Waals surface area contributed by atoms with Crippen LogP contribution in [0.5, 0.6) is 0 Å². The van der Waals surface area contributed by atoms with Gasteiger partial charge in [0.2, 0.25) is 0 Å². The van der Waals surface area contributed by atoms with Gasteiger partial charge in [0.15, 0.2) is 0 Å². The number of hydrogen-bond donors (Lipinski definition) is 1. The summed E-state index contributed by atoms with van der Waals surface area (Å²) >= 11 is 5.92. The fourth-order valence-electron chi connectivity index (χ4n) is 4.51. The van der Waals surface area contributed by atoms with Crippen LogP contribution in [0.25, 0.3) is 21.9 Å². The van der Waals surface area contributed by atoms with Crippen LogP contribution in [0.2, 0.25) is 5.15 Å². The van der Waals surface area contributed by atoms with Crippen LogP contribution in [0, 0.1) is 0 Å². The van der Waals surface area contributed by atoms with Gasteiger partial charge in [-0.2, -0.15) is 0 Å². The first kappa shape index (κ1) is 19.2. The molecule has 0 aliphatic heterocycles. The molecular weight excluding hydrogens is 402 g/mol. The number of fused-ring (bicyclic) bond motifs is 3. The van der Waals surface area contributed by atoms with E-state index in [2.05, 4.69) is 15.0 Å². The van der Waals surface area contributed by atoms with Crippen molar-refractivity contribution in [1.82, 2.24) is 24.1 Å². The molecule has 1 saturated carbocycles. The standard InChI is InChI=1S/C22H22ClN5O2/c1-27-11-25-19-14(8-13-6-7-18(23)24-10-13)9-15-20(21(19)27)26-12-28(22(15)30)16-4-2-3-5-17(16)29/h6-7,9-12,16-17,29H,2-5,8H2,1H3. The second kappa shape index (κ2) is 7.49. The van der Waals surface area contributed by atoms with Crippen LogP contribution >= 0.6 is 11.6 Å². The minimum Gasteiger partial charge on any atom is -0.391 e. The Hall–Kier alpha value is -2.77. The summed E-state index contributed by atoms with van der Waals surface area (Å²) in [4.78, 5) is 26.8. The van der Waals surface area contributed by atoms with Crippen LogP contribution < -0.4 is 5.56 Å². The average molecular weight is 424 g/mol. The predicted molar refractivity (Wildman–Crippen MR) is 116 cm³/mol. The SMILES string of the molecule is Cn1cnc2c(Cc3ccc(Cl)nc3)cc3c(=O)n(C4CCCCC4O)cnc3c21. The van der Waals surface area contributed by atoms with Gasteiger partial charge in [0.25, 0.3) is 5.56 Å². The summed E-state index contributed by atoms with van der Waals surface area (Å²) in [5.41, 5.74) is 4.08. The second-order valence-electron chi connectivity index (χ2n) is 8.03. The van der Waals surface area contributed by atoms with Gasteiger partial charge in [-0.05, 0) is 36.1 Å². The van der Waals surface area contributed by atoms with Crippen molar-refractivity contribution in [3.63, 3.8) is 0 Å². The summed E-state index contributed by atoms with van der Waals surface area (Å²) in [5, 5.41) is 11.4. The first-order chi connectivity index (χ1) is 14.5. The van der Waals surface area contributed by atoms with E-state index in [9.17, 15) is 9.90 Å². The molecule has 1 N–H and O–H groups in total. The number of aliphatic hydroxyl groups excluding tert-OH is 1. The van der Waals surface area contributed by atoms with Crippen molar-refractivity contribution in [2.24, 2.45) is 7.05 Å². The van der Waals surface area contributed by atoms with Gasteiger partial charge in [-0.15, -0.1) is 0 Å². The molecule has 0 radical (unpaired) electrons. The van der Waals surface area contributed by atoms with E-state index in [1.54, 1.807) is 29.5 Å². The molecule has 5 rings (SSSR count). The maximum atomic E-state index is 13.5. The fraction of sp³-hybridized carbons (Fsp3) is 0.364. The molecule has 30 heavy (non-hydrogen) atoms. The van der Waals surface area contributed by atoms with Crippen molar-refractivity contribution in [3.8, 4) is 0 Å². The fourth-order valence-corrected chi connectivity index (χ4v) is 4.62. The van der Waals surface area contributed by atoms with E-state index in [-0.39, 0.29) is 11.6 Å². The first-order valence-electron chi connectivity index (χ1n) is 10.1. The molecule has 4 aromatic rings. The van der Waals surface area contributed by atoms with Gasteiger partial charge in [-0.1, -0.05) is 30.5 Å². The third-order valence-corrected chi connectivity index (χ3v) is 6.27. The van der Waals surface area contributed by atoms with E-state index in [0.717, 1.165) is 41.4 Å². The lowest BCUT2D eigenvalue weighted by molar-refractivity contribution is 0.0735. The average Bonchev–Trinajstić information content (AvgIpc) is 3.13. The zero-order chi connectivity index (χ0) is 20.8. The number of halogens is 1. The number of nitrogens with zero attached hydrogens (tertiary/aromatic N) is 5. The summed E-state index contributed by atoms with van der Waals surface area (Å²) < 4.78 is 3.51. The molecule has 8 heteroatoms. The highest BCUT2D eigenvalue weighted by atomic mass is 35.5. The van der Waals surface area contributed by atoms with E-state index >= 15 is 0 Å². The van der Waals surface area contributed by atoms with E-state index in [1.165, 1.54) is 0 Å². The van der Waals surface area contributed by atoms with Gasteiger partial charge in [-0.25, -0.2) is 15.0 Å². The van der Waals surface area contributed by atoms with Crippen LogP contribution in [0.4, 0.5) is 0 Å². The smallest absolute Gasteiger partial charge is 0.261 e. The number of aryl methyl sites for hydroxylation is 1. The maximum Gasteiger partial charge on any atom is 0.261 e. The van der Waals surface area contributed by atoms with Crippen molar-refractivity contribution in [3.05, 3.63) is 63.7 Å². The highest BCUT2D eigenvalue weighted by molar-refractivity contribution is 6.29. The zero-order valence-corrected chi connectivity index (χ0v) is 17.4. The molecule has 1 aliphatic carbocycles. The Morgan fingerprint density at radius 1 is 1.13 bits per heavy atom. The lowest BCUT2D eigenvalue weighted by Crippen LogP contribution is -2.34. The summed E-state index contributed by atoms with van der Waals surface area (Å²) in [5.74, 6) is 0. The highest BCUT2D eigenvalue weighted by Gasteiger charge is 2.26. The molecular formula is C22H22ClN5O2. The molecule has 1 aromatic carbocycles. The molecule has 0 amide bonds. The van der Waals surface area contributed by atoms with Crippen molar-refractivity contribution in [1.29, 1.82) is 0 Å². The molecule has 0 saturated heterocycles. The zero-order valence-electron chi connectivity index (χ0n) is 16.6. The van der Waals surface area contributed by atoms with Gasteiger partial charge in [-0.3, -0.25) is 9.36 Å². The Balaban J connectivity index is 1.70. The van der Waals surface area contributed by atoms with Crippen LogP contribution in [-0.2, 0) is 13.5 Å². The van der Waals surface area contributed by atoms with E-state index in [1.807, 2.05) is 23.7 Å². The topological polar surface area (TPSA) is 85.8 Å². The monoisotopic (exact) mass is 423 g/mol. The molecule has 2 unspecified atom stereocenters. The molecule has 1 aliphatic rings. The van der Waals surface area contributed by atoms with E-state index in [4.69, 9.17) is 11.6 Å². The third-order valence-electron chi connectivity index (χ3n) is 6.05. The predicted octanol–water partition coefficient (Wildman–Crippen LogP) is 3.40. The van der Waals surface area contributed by atoms with Crippen LogP contribution in [0.1, 0.15) is 42.9 Å². The molecule has 0 spiro atoms. The largest absolute Gasteiger partial charge is 0.391 e. The number of hydrogen-bond acceptors (Lipinski definition) is 5. The quantitative estimate of drug-likeness (QED) is 0.510. The Bertz CT molecular complexity index is 1300. The van der Waals surface area contributed by atoms with E-state index in [0.29, 0.717) is 28.9 Å². The lowest BCUT2D eigenvalue weighted by atomic mass is 9.92. The van der Waals surface area contributed by atoms with Crippen LogP contribution in [-0.4, -0.2) is 35.3 Å². The maximum absolute atomic E-state index is 13.5. The Labute approximate surface area is 178 Å². The van der Waals surface area contributed by atoms with E-state index < -0.39 is 6.10 Å². The van der Waals surface area contributed by atoms with Gasteiger partial charge in [0.05, 0.1) is 41.2 Å². The molecule has 154 valence electrons. The Morgan fingerprint density at radius 2 is 1.93 bits per heavy atom. The number of aliphatic hydroxyl groups is 1. The van der Waals surface area contributed by atoms with Crippen molar-refractivity contribution < 1.29 is 5.11 Å². The molecule has 2 atom stereocenters.